The summed E-state index contributed by atoms with van der Waals surface area (Å²) in [6.45, 7) is 7.74. The molecule has 0 aromatic carbocycles. The van der Waals surface area contributed by atoms with Gasteiger partial charge in [0, 0.05) is 0 Å². The highest BCUT2D eigenvalue weighted by molar-refractivity contribution is 6.52. The van der Waals surface area contributed by atoms with Gasteiger partial charge < -0.3 is 24.5 Å². The van der Waals surface area contributed by atoms with Gasteiger partial charge in [-0.25, -0.2) is 0 Å². The van der Waals surface area contributed by atoms with E-state index in [1.165, 1.54) is 12.1 Å². The van der Waals surface area contributed by atoms with E-state index in [4.69, 9.17) is 9.31 Å². The lowest BCUT2D eigenvalue weighted by molar-refractivity contribution is -0.390. The molecule has 7 nitrogen and oxygen atoms in total. The van der Waals surface area contributed by atoms with E-state index in [1.807, 2.05) is 27.7 Å². The maximum absolute atomic E-state index is 10.7. The van der Waals surface area contributed by atoms with Crippen LogP contribution < -0.4 is 0 Å². The fourth-order valence-electron chi connectivity index (χ4n) is 1.83. The fourth-order valence-corrected chi connectivity index (χ4v) is 1.83. The predicted octanol–water partition coefficient (Wildman–Crippen LogP) is 2.34. The minimum atomic E-state index is -0.735. The van der Waals surface area contributed by atoms with Gasteiger partial charge in [-0.1, -0.05) is 0 Å². The summed E-state index contributed by atoms with van der Waals surface area (Å²) in [6.07, 6.45) is 1.56. The first-order chi connectivity index (χ1) is 9.62. The summed E-state index contributed by atoms with van der Waals surface area (Å²) in [7, 11) is -0.551. The standard InChI is InChI=1S/C13H17BN2O5/c1-12(2)13(3,4)21-14(20-12)8-7-9-5-6-10(17)11(15-9)16(18)19/h5-8,17H,1-4H3/b8-7+. The molecule has 1 saturated heterocycles. The molecular weight excluding hydrogens is 275 g/mol. The van der Waals surface area contributed by atoms with Gasteiger partial charge in [0.15, 0.2) is 5.69 Å². The molecule has 0 amide bonds. The van der Waals surface area contributed by atoms with E-state index in [0.717, 1.165) is 0 Å². The molecule has 1 aromatic heterocycles. The Morgan fingerprint density at radius 1 is 1.29 bits per heavy atom. The topological polar surface area (TPSA) is 94.7 Å². The minimum Gasteiger partial charge on any atom is -0.501 e. The molecule has 0 spiro atoms. The van der Waals surface area contributed by atoms with Gasteiger partial charge in [-0.2, -0.15) is 0 Å². The molecule has 21 heavy (non-hydrogen) atoms. The number of pyridine rings is 1. The number of hydrogen-bond donors (Lipinski definition) is 1. The van der Waals surface area contributed by atoms with Crippen LogP contribution in [0.4, 0.5) is 5.82 Å². The lowest BCUT2D eigenvalue weighted by Gasteiger charge is -2.32. The van der Waals surface area contributed by atoms with Crippen LogP contribution in [-0.4, -0.2) is 33.3 Å². The second kappa shape index (κ2) is 5.12. The summed E-state index contributed by atoms with van der Waals surface area (Å²) < 4.78 is 11.5. The van der Waals surface area contributed by atoms with Gasteiger partial charge in [-0.05, 0) is 61.8 Å². The van der Waals surface area contributed by atoms with E-state index in [1.54, 1.807) is 12.1 Å². The number of aromatic hydroxyl groups is 1. The van der Waals surface area contributed by atoms with Gasteiger partial charge in [0.25, 0.3) is 0 Å². The highest BCUT2D eigenvalue weighted by Gasteiger charge is 2.50. The van der Waals surface area contributed by atoms with Crippen molar-refractivity contribution >= 4 is 19.0 Å². The molecule has 0 bridgehead atoms. The summed E-state index contributed by atoms with van der Waals surface area (Å²) >= 11 is 0. The third kappa shape index (κ3) is 3.06. The maximum Gasteiger partial charge on any atom is 0.487 e. The normalized spacial score (nSPS) is 20.1. The largest absolute Gasteiger partial charge is 0.501 e. The number of aromatic nitrogens is 1. The van der Waals surface area contributed by atoms with Gasteiger partial charge in [-0.15, -0.1) is 0 Å². The van der Waals surface area contributed by atoms with Crippen molar-refractivity contribution in [1.29, 1.82) is 0 Å². The predicted molar refractivity (Wildman–Crippen MR) is 77.7 cm³/mol. The Kier molecular flexibility index (Phi) is 3.77. The summed E-state index contributed by atoms with van der Waals surface area (Å²) in [6, 6.07) is 2.71. The van der Waals surface area contributed by atoms with E-state index in [0.29, 0.717) is 5.69 Å². The van der Waals surface area contributed by atoms with Gasteiger partial charge in [-0.3, -0.25) is 0 Å². The zero-order chi connectivity index (χ0) is 15.8. The summed E-state index contributed by atoms with van der Waals surface area (Å²) in [4.78, 5) is 13.7. The van der Waals surface area contributed by atoms with Crippen LogP contribution in [0, 0.1) is 10.1 Å². The highest BCUT2D eigenvalue weighted by atomic mass is 16.7. The first-order valence-electron chi connectivity index (χ1n) is 6.51. The van der Waals surface area contributed by atoms with Gasteiger partial charge in [0.1, 0.15) is 0 Å². The first-order valence-corrected chi connectivity index (χ1v) is 6.51. The lowest BCUT2D eigenvalue weighted by atomic mass is 9.89. The molecule has 1 fully saturated rings. The average molecular weight is 292 g/mol. The molecule has 2 heterocycles. The molecule has 1 aliphatic heterocycles. The summed E-state index contributed by atoms with van der Waals surface area (Å²) in [5.74, 6) is 0.596. The Bertz CT molecular complexity index is 584. The molecule has 1 N–H and O–H groups in total. The van der Waals surface area contributed by atoms with Crippen LogP contribution in [0.25, 0.3) is 6.08 Å². The number of hydrogen-bond acceptors (Lipinski definition) is 6. The van der Waals surface area contributed by atoms with Crippen molar-refractivity contribution in [1.82, 2.24) is 4.98 Å². The van der Waals surface area contributed by atoms with E-state index >= 15 is 0 Å². The minimum absolute atomic E-state index is 0.342. The van der Waals surface area contributed by atoms with Crippen molar-refractivity contribution in [2.24, 2.45) is 0 Å². The van der Waals surface area contributed by atoms with Crippen molar-refractivity contribution in [3.8, 4) is 5.75 Å². The Labute approximate surface area is 122 Å². The van der Waals surface area contributed by atoms with Crippen LogP contribution in [0.1, 0.15) is 33.4 Å². The molecule has 112 valence electrons. The van der Waals surface area contributed by atoms with E-state index < -0.39 is 34.8 Å². The number of rotatable bonds is 3. The summed E-state index contributed by atoms with van der Waals surface area (Å²) in [5.41, 5.74) is -0.554. The van der Waals surface area contributed by atoms with Crippen molar-refractivity contribution in [2.45, 2.75) is 38.9 Å². The molecule has 0 radical (unpaired) electrons. The molecule has 0 unspecified atom stereocenters. The quantitative estimate of drug-likeness (QED) is 0.522. The SMILES string of the molecule is CC1(C)OB(/C=C/c2ccc(O)c([N+](=O)[O-])n2)OC1(C)C. The third-order valence-electron chi connectivity index (χ3n) is 3.74. The van der Waals surface area contributed by atoms with E-state index in [-0.39, 0.29) is 0 Å². The van der Waals surface area contributed by atoms with Crippen molar-refractivity contribution in [2.75, 3.05) is 0 Å². The Balaban J connectivity index is 2.16. The second-order valence-electron chi connectivity index (χ2n) is 5.82. The molecule has 0 saturated carbocycles. The maximum atomic E-state index is 10.7. The summed E-state index contributed by atoms with van der Waals surface area (Å²) in [5, 5.41) is 20.1. The van der Waals surface area contributed by atoms with Crippen molar-refractivity contribution in [3.05, 3.63) is 33.9 Å². The van der Waals surface area contributed by atoms with Crippen LogP contribution in [-0.2, 0) is 9.31 Å². The smallest absolute Gasteiger partial charge is 0.487 e. The first kappa shape index (κ1) is 15.5. The van der Waals surface area contributed by atoms with Crippen molar-refractivity contribution in [3.63, 3.8) is 0 Å². The average Bonchev–Trinajstić information content (AvgIpc) is 2.56. The molecular formula is C13H17BN2O5. The Morgan fingerprint density at radius 3 is 2.38 bits per heavy atom. The zero-order valence-electron chi connectivity index (χ0n) is 12.4. The van der Waals surface area contributed by atoms with Crippen LogP contribution >= 0.6 is 0 Å². The van der Waals surface area contributed by atoms with E-state index in [9.17, 15) is 15.2 Å². The molecule has 1 aromatic rings. The molecule has 2 rings (SSSR count). The molecule has 0 aliphatic carbocycles. The Hall–Kier alpha value is -1.93. The number of nitro groups is 1. The molecule has 8 heteroatoms. The monoisotopic (exact) mass is 292 g/mol. The number of nitrogens with zero attached hydrogens (tertiary/aromatic N) is 2. The van der Waals surface area contributed by atoms with Crippen molar-refractivity contribution < 1.29 is 19.3 Å². The van der Waals surface area contributed by atoms with Gasteiger partial charge in [0.05, 0.1) is 11.2 Å². The highest BCUT2D eigenvalue weighted by Crippen LogP contribution is 2.37. The van der Waals surface area contributed by atoms with Crippen LogP contribution in [0.15, 0.2) is 18.1 Å². The Morgan fingerprint density at radius 2 is 1.86 bits per heavy atom. The van der Waals surface area contributed by atoms with Gasteiger partial charge >= 0.3 is 12.9 Å². The second-order valence-corrected chi connectivity index (χ2v) is 5.82. The molecule has 1 aliphatic rings. The fraction of sp³-hybridized carbons (Fsp3) is 0.462. The lowest BCUT2D eigenvalue weighted by Crippen LogP contribution is -2.41. The van der Waals surface area contributed by atoms with Gasteiger partial charge in [0.2, 0.25) is 5.75 Å². The third-order valence-corrected chi connectivity index (χ3v) is 3.74. The van der Waals surface area contributed by atoms with Crippen LogP contribution in [0.3, 0.4) is 0 Å². The molecule has 0 atom stereocenters. The van der Waals surface area contributed by atoms with Crippen LogP contribution in [0.5, 0.6) is 5.75 Å². The van der Waals surface area contributed by atoms with E-state index in [2.05, 4.69) is 4.98 Å². The van der Waals surface area contributed by atoms with Crippen LogP contribution in [0.2, 0.25) is 0 Å². The zero-order valence-corrected chi connectivity index (χ0v) is 12.4.